The Labute approximate surface area is 84.2 Å². The van der Waals surface area contributed by atoms with E-state index in [1.54, 1.807) is 12.1 Å². The van der Waals surface area contributed by atoms with E-state index in [0.717, 1.165) is 5.56 Å². The van der Waals surface area contributed by atoms with Crippen molar-refractivity contribution in [1.82, 2.24) is 0 Å². The van der Waals surface area contributed by atoms with Crippen molar-refractivity contribution in [2.75, 3.05) is 0 Å². The Morgan fingerprint density at radius 2 is 1.86 bits per heavy atom. The second-order valence-corrected chi connectivity index (χ2v) is 3.94. The van der Waals surface area contributed by atoms with Crippen molar-refractivity contribution in [1.29, 1.82) is 0 Å². The zero-order valence-corrected chi connectivity index (χ0v) is 8.57. The Hall–Kier alpha value is -1.22. The molecule has 1 rings (SSSR count). The fraction of sp³-hybridized carbons (Fsp3) is 0.455. The number of hydrogen-bond acceptors (Lipinski definition) is 3. The van der Waals surface area contributed by atoms with Crippen molar-refractivity contribution in [3.8, 4) is 11.5 Å². The molecule has 0 aliphatic carbocycles. The lowest BCUT2D eigenvalue weighted by molar-refractivity contribution is 0.402. The fourth-order valence-corrected chi connectivity index (χ4v) is 1.20. The van der Waals surface area contributed by atoms with Gasteiger partial charge >= 0.3 is 0 Å². The van der Waals surface area contributed by atoms with Crippen molar-refractivity contribution in [2.45, 2.75) is 26.3 Å². The van der Waals surface area contributed by atoms with Gasteiger partial charge in [-0.25, -0.2) is 0 Å². The molecule has 1 aromatic rings. The summed E-state index contributed by atoms with van der Waals surface area (Å²) >= 11 is 0. The van der Waals surface area contributed by atoms with Gasteiger partial charge in [-0.05, 0) is 30.0 Å². The van der Waals surface area contributed by atoms with E-state index in [1.807, 2.05) is 0 Å². The molecule has 0 spiro atoms. The third kappa shape index (κ3) is 2.64. The number of benzene rings is 1. The SMILES string of the molecule is CC(C)[C@@H](N)Cc1ccc(O)c(O)c1. The van der Waals surface area contributed by atoms with Gasteiger partial charge < -0.3 is 15.9 Å². The molecule has 0 radical (unpaired) electrons. The third-order valence-corrected chi connectivity index (χ3v) is 2.37. The van der Waals surface area contributed by atoms with Gasteiger partial charge in [0.1, 0.15) is 0 Å². The molecule has 0 bridgehead atoms. The molecule has 3 heteroatoms. The normalized spacial score (nSPS) is 13.1. The van der Waals surface area contributed by atoms with Crippen LogP contribution in [0.4, 0.5) is 0 Å². The molecule has 0 saturated heterocycles. The second kappa shape index (κ2) is 4.33. The minimum Gasteiger partial charge on any atom is -0.504 e. The second-order valence-electron chi connectivity index (χ2n) is 3.94. The first-order valence-corrected chi connectivity index (χ1v) is 4.77. The van der Waals surface area contributed by atoms with Gasteiger partial charge in [0.05, 0.1) is 0 Å². The molecular weight excluding hydrogens is 178 g/mol. The lowest BCUT2D eigenvalue weighted by Gasteiger charge is -2.15. The monoisotopic (exact) mass is 195 g/mol. The molecule has 3 nitrogen and oxygen atoms in total. The molecular formula is C11H17NO2. The van der Waals surface area contributed by atoms with Gasteiger partial charge in [-0.3, -0.25) is 0 Å². The number of nitrogens with two attached hydrogens (primary N) is 1. The van der Waals surface area contributed by atoms with Crippen LogP contribution in [0.2, 0.25) is 0 Å². The zero-order valence-electron chi connectivity index (χ0n) is 8.57. The Kier molecular flexibility index (Phi) is 3.36. The molecule has 0 fully saturated rings. The average molecular weight is 195 g/mol. The highest BCUT2D eigenvalue weighted by Crippen LogP contribution is 2.25. The average Bonchev–Trinajstić information content (AvgIpc) is 2.11. The first-order valence-electron chi connectivity index (χ1n) is 4.77. The molecule has 78 valence electrons. The van der Waals surface area contributed by atoms with E-state index in [-0.39, 0.29) is 17.5 Å². The van der Waals surface area contributed by atoms with E-state index in [4.69, 9.17) is 10.8 Å². The zero-order chi connectivity index (χ0) is 10.7. The molecule has 0 heterocycles. The van der Waals surface area contributed by atoms with Gasteiger partial charge in [-0.15, -0.1) is 0 Å². The van der Waals surface area contributed by atoms with Crippen LogP contribution in [0.5, 0.6) is 11.5 Å². The highest BCUT2D eigenvalue weighted by Gasteiger charge is 2.09. The van der Waals surface area contributed by atoms with Crippen LogP contribution in [-0.2, 0) is 6.42 Å². The molecule has 1 atom stereocenters. The summed E-state index contributed by atoms with van der Waals surface area (Å²) in [6, 6.07) is 4.89. The summed E-state index contributed by atoms with van der Waals surface area (Å²) in [4.78, 5) is 0. The van der Waals surface area contributed by atoms with Crippen molar-refractivity contribution in [3.63, 3.8) is 0 Å². The molecule has 0 saturated carbocycles. The Morgan fingerprint density at radius 3 is 2.36 bits per heavy atom. The molecule has 0 aliphatic rings. The summed E-state index contributed by atoms with van der Waals surface area (Å²) < 4.78 is 0. The van der Waals surface area contributed by atoms with Crippen LogP contribution in [-0.4, -0.2) is 16.3 Å². The lowest BCUT2D eigenvalue weighted by Crippen LogP contribution is -2.28. The maximum absolute atomic E-state index is 9.26. The molecule has 4 N–H and O–H groups in total. The van der Waals surface area contributed by atoms with Crippen molar-refractivity contribution >= 4 is 0 Å². The summed E-state index contributed by atoms with van der Waals surface area (Å²) in [6.45, 7) is 4.12. The highest BCUT2D eigenvalue weighted by molar-refractivity contribution is 5.40. The maximum Gasteiger partial charge on any atom is 0.157 e. The number of aromatic hydroxyl groups is 2. The van der Waals surface area contributed by atoms with E-state index in [9.17, 15) is 5.11 Å². The van der Waals surface area contributed by atoms with Gasteiger partial charge in [0.2, 0.25) is 0 Å². The predicted molar refractivity (Wildman–Crippen MR) is 56.3 cm³/mol. The molecule has 0 aromatic heterocycles. The molecule has 0 unspecified atom stereocenters. The van der Waals surface area contributed by atoms with Crippen LogP contribution in [0.3, 0.4) is 0 Å². The summed E-state index contributed by atoms with van der Waals surface area (Å²) in [7, 11) is 0. The minimum absolute atomic E-state index is 0.0824. The van der Waals surface area contributed by atoms with Crippen molar-refractivity contribution < 1.29 is 10.2 Å². The number of rotatable bonds is 3. The minimum atomic E-state index is -0.0909. The Bertz CT molecular complexity index is 310. The van der Waals surface area contributed by atoms with Crippen LogP contribution < -0.4 is 5.73 Å². The van der Waals surface area contributed by atoms with Crippen LogP contribution >= 0.6 is 0 Å². The van der Waals surface area contributed by atoms with Gasteiger partial charge in [-0.2, -0.15) is 0 Å². The first-order chi connectivity index (χ1) is 6.50. The molecule has 0 amide bonds. The number of hydrogen-bond donors (Lipinski definition) is 3. The Morgan fingerprint density at radius 1 is 1.21 bits per heavy atom. The standard InChI is InChI=1S/C11H17NO2/c1-7(2)9(12)5-8-3-4-10(13)11(14)6-8/h3-4,6-7,9,13-14H,5,12H2,1-2H3/t9-/m0/s1. The number of phenols is 2. The lowest BCUT2D eigenvalue weighted by atomic mass is 9.97. The summed E-state index contributed by atoms with van der Waals surface area (Å²) in [5.74, 6) is 0.233. The van der Waals surface area contributed by atoms with Crippen molar-refractivity contribution in [3.05, 3.63) is 23.8 Å². The summed E-state index contributed by atoms with van der Waals surface area (Å²) in [5.41, 5.74) is 6.84. The first kappa shape index (κ1) is 10.9. The van der Waals surface area contributed by atoms with Crippen molar-refractivity contribution in [2.24, 2.45) is 11.7 Å². The predicted octanol–water partition coefficient (Wildman–Crippen LogP) is 1.62. The van der Waals surface area contributed by atoms with Gasteiger partial charge in [0.15, 0.2) is 11.5 Å². The van der Waals surface area contributed by atoms with E-state index < -0.39 is 0 Å². The van der Waals surface area contributed by atoms with E-state index in [2.05, 4.69) is 13.8 Å². The Balaban J connectivity index is 2.73. The van der Waals surface area contributed by atoms with Crippen LogP contribution in [0, 0.1) is 5.92 Å². The topological polar surface area (TPSA) is 66.5 Å². The van der Waals surface area contributed by atoms with Crippen LogP contribution in [0.15, 0.2) is 18.2 Å². The van der Waals surface area contributed by atoms with E-state index in [1.165, 1.54) is 6.07 Å². The van der Waals surface area contributed by atoms with Gasteiger partial charge in [-0.1, -0.05) is 19.9 Å². The number of phenolic OH excluding ortho intramolecular Hbond substituents is 2. The maximum atomic E-state index is 9.26. The molecule has 14 heavy (non-hydrogen) atoms. The van der Waals surface area contributed by atoms with Crippen LogP contribution in [0.1, 0.15) is 19.4 Å². The van der Waals surface area contributed by atoms with E-state index in [0.29, 0.717) is 12.3 Å². The molecule has 1 aromatic carbocycles. The summed E-state index contributed by atoms with van der Waals surface area (Å²) in [5, 5.41) is 18.4. The van der Waals surface area contributed by atoms with Crippen LogP contribution in [0.25, 0.3) is 0 Å². The van der Waals surface area contributed by atoms with Gasteiger partial charge in [0.25, 0.3) is 0 Å². The molecule has 0 aliphatic heterocycles. The third-order valence-electron chi connectivity index (χ3n) is 2.37. The van der Waals surface area contributed by atoms with E-state index >= 15 is 0 Å². The smallest absolute Gasteiger partial charge is 0.157 e. The highest BCUT2D eigenvalue weighted by atomic mass is 16.3. The van der Waals surface area contributed by atoms with Gasteiger partial charge in [0, 0.05) is 6.04 Å². The summed E-state index contributed by atoms with van der Waals surface area (Å²) in [6.07, 6.45) is 0.714. The quantitative estimate of drug-likeness (QED) is 0.642. The largest absolute Gasteiger partial charge is 0.504 e. The fourth-order valence-electron chi connectivity index (χ4n) is 1.20.